The number of carboxylic acids is 1. The van der Waals surface area contributed by atoms with Gasteiger partial charge in [0.15, 0.2) is 6.10 Å². The molecule has 0 aliphatic rings. The van der Waals surface area contributed by atoms with Gasteiger partial charge in [0.1, 0.15) is 24.9 Å². The molecule has 17 heavy (non-hydrogen) atoms. The van der Waals surface area contributed by atoms with Gasteiger partial charge in [-0.1, -0.05) is 0 Å². The first-order chi connectivity index (χ1) is 7.81. The van der Waals surface area contributed by atoms with Crippen LogP contribution in [0.3, 0.4) is 0 Å². The molecule has 1 amide bonds. The predicted octanol–water partition coefficient (Wildman–Crippen LogP) is -4.38. The van der Waals surface area contributed by atoms with Crippen LogP contribution in [0.25, 0.3) is 0 Å². The molecule has 0 saturated heterocycles. The van der Waals surface area contributed by atoms with Gasteiger partial charge >= 0.3 is 5.97 Å². The molecule has 0 unspecified atom stereocenters. The van der Waals surface area contributed by atoms with E-state index in [9.17, 15) is 19.8 Å². The van der Waals surface area contributed by atoms with Crippen LogP contribution in [0.2, 0.25) is 0 Å². The summed E-state index contributed by atoms with van der Waals surface area (Å²) in [6, 6.07) is 0. The minimum absolute atomic E-state index is 0.763. The highest BCUT2D eigenvalue weighted by Gasteiger charge is 2.34. The highest BCUT2D eigenvalue weighted by molar-refractivity contribution is 5.84. The lowest BCUT2D eigenvalue weighted by molar-refractivity contribution is -0.150. The number of carbonyl (C=O) groups is 2. The van der Waals surface area contributed by atoms with Crippen LogP contribution in [0.4, 0.5) is 0 Å². The zero-order chi connectivity index (χ0) is 13.6. The maximum Gasteiger partial charge on any atom is 0.322 e. The molecule has 0 saturated carbocycles. The predicted molar refractivity (Wildman–Crippen MR) is 51.8 cm³/mol. The van der Waals surface area contributed by atoms with Gasteiger partial charge in [0.25, 0.3) is 5.91 Å². The highest BCUT2D eigenvalue weighted by Crippen LogP contribution is 2.05. The summed E-state index contributed by atoms with van der Waals surface area (Å²) < 4.78 is 0. The number of carboxylic acid groups (broad SMARTS) is 1. The van der Waals surface area contributed by atoms with E-state index in [-0.39, 0.29) is 0 Å². The largest absolute Gasteiger partial charge is 0.480 e. The van der Waals surface area contributed by atoms with Crippen molar-refractivity contribution in [3.63, 3.8) is 0 Å². The van der Waals surface area contributed by atoms with Crippen LogP contribution >= 0.6 is 0 Å². The molecule has 0 spiro atoms. The number of carbonyl (C=O) groups excluding carboxylic acids is 1. The topological polar surface area (TPSA) is 168 Å². The summed E-state index contributed by atoms with van der Waals surface area (Å²) in [5.74, 6) is -2.57. The molecule has 7 N–H and O–H groups in total. The number of rotatable bonds is 7. The van der Waals surface area contributed by atoms with Crippen molar-refractivity contribution in [3.8, 4) is 0 Å². The van der Waals surface area contributed by atoms with Gasteiger partial charge in [-0.05, 0) is 0 Å². The Labute approximate surface area is 95.9 Å². The van der Waals surface area contributed by atoms with Gasteiger partial charge in [0.05, 0.1) is 6.61 Å². The fraction of sp³-hybridized carbons (Fsp3) is 0.750. The zero-order valence-electron chi connectivity index (χ0n) is 8.72. The van der Waals surface area contributed by atoms with Gasteiger partial charge < -0.3 is 36.0 Å². The van der Waals surface area contributed by atoms with Crippen molar-refractivity contribution in [3.05, 3.63) is 0 Å². The van der Waals surface area contributed by atoms with E-state index in [0.29, 0.717) is 0 Å². The molecule has 0 fully saturated rings. The maximum absolute atomic E-state index is 11.1. The lowest BCUT2D eigenvalue weighted by atomic mass is 10.0. The number of amides is 1. The van der Waals surface area contributed by atoms with E-state index in [2.05, 4.69) is 0 Å². The quantitative estimate of drug-likeness (QED) is 0.239. The standard InChI is InChI=1S/C8H15NO8/c10-2-3(11)5(14)6(15)7(16)8(17)9-1-4(12)13/h3,5-7,10-11,14-16H,1-2H2,(H,9,17)(H,12,13)/t3-,5-,6+,7+/m1/s1. The van der Waals surface area contributed by atoms with Crippen LogP contribution in [0.1, 0.15) is 0 Å². The SMILES string of the molecule is O=C(O)CNC(=O)[C@@H](O)[C@@H](O)[C@H](O)[C@H](O)CO. The Hall–Kier alpha value is -1.26. The first-order valence-corrected chi connectivity index (χ1v) is 4.63. The number of aliphatic hydroxyl groups is 5. The molecule has 0 aromatic heterocycles. The van der Waals surface area contributed by atoms with Crippen LogP contribution in [0.15, 0.2) is 0 Å². The molecular weight excluding hydrogens is 238 g/mol. The lowest BCUT2D eigenvalue weighted by Gasteiger charge is -2.24. The molecule has 0 aliphatic heterocycles. The van der Waals surface area contributed by atoms with Crippen LogP contribution < -0.4 is 5.32 Å². The molecule has 0 rings (SSSR count). The Morgan fingerprint density at radius 2 is 1.59 bits per heavy atom. The summed E-state index contributed by atoms with van der Waals surface area (Å²) in [6.45, 7) is -1.64. The van der Waals surface area contributed by atoms with Crippen LogP contribution in [-0.2, 0) is 9.59 Å². The molecule has 100 valence electrons. The molecule has 4 atom stereocenters. The van der Waals surface area contributed by atoms with E-state index in [1.54, 1.807) is 5.32 Å². The highest BCUT2D eigenvalue weighted by atomic mass is 16.4. The third-order valence-corrected chi connectivity index (χ3v) is 1.94. The third-order valence-electron chi connectivity index (χ3n) is 1.94. The monoisotopic (exact) mass is 253 g/mol. The minimum atomic E-state index is -2.12. The number of aliphatic hydroxyl groups excluding tert-OH is 5. The van der Waals surface area contributed by atoms with Gasteiger partial charge in [0, 0.05) is 0 Å². The summed E-state index contributed by atoms with van der Waals surface area (Å²) in [4.78, 5) is 21.2. The Balaban J connectivity index is 4.32. The van der Waals surface area contributed by atoms with Crippen molar-refractivity contribution in [1.82, 2.24) is 5.32 Å². The van der Waals surface area contributed by atoms with Crippen molar-refractivity contribution in [2.75, 3.05) is 13.2 Å². The molecule has 9 heteroatoms. The number of hydrogen-bond donors (Lipinski definition) is 7. The van der Waals surface area contributed by atoms with E-state index in [4.69, 9.17) is 20.4 Å². The average Bonchev–Trinajstić information content (AvgIpc) is 2.31. The fourth-order valence-corrected chi connectivity index (χ4v) is 0.945. The first-order valence-electron chi connectivity index (χ1n) is 4.63. The van der Waals surface area contributed by atoms with Gasteiger partial charge in [-0.3, -0.25) is 9.59 Å². The van der Waals surface area contributed by atoms with Gasteiger partial charge in [-0.25, -0.2) is 0 Å². The smallest absolute Gasteiger partial charge is 0.322 e. The fourth-order valence-electron chi connectivity index (χ4n) is 0.945. The third kappa shape index (κ3) is 5.06. The van der Waals surface area contributed by atoms with E-state index in [1.165, 1.54) is 0 Å². The van der Waals surface area contributed by atoms with E-state index < -0.39 is 49.4 Å². The summed E-state index contributed by atoms with van der Waals surface area (Å²) in [5, 5.41) is 55.0. The molecule has 0 aromatic rings. The Morgan fingerprint density at radius 3 is 2.00 bits per heavy atom. The normalized spacial score (nSPS) is 17.9. The van der Waals surface area contributed by atoms with Gasteiger partial charge in [0.2, 0.25) is 0 Å². The second-order valence-corrected chi connectivity index (χ2v) is 3.29. The average molecular weight is 253 g/mol. The molecule has 0 bridgehead atoms. The number of nitrogens with one attached hydrogen (secondary N) is 1. The zero-order valence-corrected chi connectivity index (χ0v) is 8.72. The first kappa shape index (κ1) is 15.7. The Morgan fingerprint density at radius 1 is 1.06 bits per heavy atom. The van der Waals surface area contributed by atoms with E-state index in [0.717, 1.165) is 0 Å². The second kappa shape index (κ2) is 7.14. The number of aliphatic carboxylic acids is 1. The molecule has 9 nitrogen and oxygen atoms in total. The van der Waals surface area contributed by atoms with E-state index >= 15 is 0 Å². The summed E-state index contributed by atoms with van der Waals surface area (Å²) >= 11 is 0. The molecule has 0 aliphatic carbocycles. The number of hydrogen-bond acceptors (Lipinski definition) is 7. The molecular formula is C8H15NO8. The minimum Gasteiger partial charge on any atom is -0.480 e. The molecule has 0 heterocycles. The maximum atomic E-state index is 11.1. The van der Waals surface area contributed by atoms with Crippen molar-refractivity contribution in [1.29, 1.82) is 0 Å². The Bertz CT molecular complexity index is 270. The van der Waals surface area contributed by atoms with Crippen molar-refractivity contribution < 1.29 is 40.2 Å². The molecule has 0 aromatic carbocycles. The second-order valence-electron chi connectivity index (χ2n) is 3.29. The van der Waals surface area contributed by atoms with E-state index in [1.807, 2.05) is 0 Å². The van der Waals surface area contributed by atoms with Crippen LogP contribution in [0, 0.1) is 0 Å². The molecule has 0 radical (unpaired) electrons. The van der Waals surface area contributed by atoms with Gasteiger partial charge in [-0.15, -0.1) is 0 Å². The Kier molecular flexibility index (Phi) is 6.61. The summed E-state index contributed by atoms with van der Waals surface area (Å²) in [7, 11) is 0. The summed E-state index contributed by atoms with van der Waals surface area (Å²) in [6.07, 6.45) is -7.84. The summed E-state index contributed by atoms with van der Waals surface area (Å²) in [5.41, 5.74) is 0. The lowest BCUT2D eigenvalue weighted by Crippen LogP contribution is -2.52. The van der Waals surface area contributed by atoms with Crippen LogP contribution in [-0.4, -0.2) is 80.1 Å². The van der Waals surface area contributed by atoms with Crippen molar-refractivity contribution in [2.24, 2.45) is 0 Å². The van der Waals surface area contributed by atoms with Crippen LogP contribution in [0.5, 0.6) is 0 Å². The van der Waals surface area contributed by atoms with Crippen molar-refractivity contribution >= 4 is 11.9 Å². The van der Waals surface area contributed by atoms with Gasteiger partial charge in [-0.2, -0.15) is 0 Å². The van der Waals surface area contributed by atoms with Crippen molar-refractivity contribution in [2.45, 2.75) is 24.4 Å².